The van der Waals surface area contributed by atoms with Crippen LogP contribution in [0, 0.1) is 0 Å². The molecule has 1 aliphatic rings. The summed E-state index contributed by atoms with van der Waals surface area (Å²) in [6.45, 7) is 2.61. The molecule has 0 bridgehead atoms. The smallest absolute Gasteiger partial charge is 0.178 e. The molecule has 3 N–H and O–H groups in total. The second-order valence-electron chi connectivity index (χ2n) is 5.41. The van der Waals surface area contributed by atoms with Crippen molar-refractivity contribution in [3.8, 4) is 0 Å². The van der Waals surface area contributed by atoms with E-state index in [1.807, 2.05) is 19.1 Å². The lowest BCUT2D eigenvalue weighted by atomic mass is 9.78. The predicted octanol–water partition coefficient (Wildman–Crippen LogP) is 2.16. The van der Waals surface area contributed by atoms with Gasteiger partial charge in [0.1, 0.15) is 0 Å². The number of rotatable bonds is 6. The lowest BCUT2D eigenvalue weighted by molar-refractivity contribution is 0.265. The van der Waals surface area contributed by atoms with Gasteiger partial charge in [0.25, 0.3) is 0 Å². The third kappa shape index (κ3) is 3.48. The van der Waals surface area contributed by atoms with Crippen molar-refractivity contribution in [1.82, 2.24) is 0 Å². The van der Waals surface area contributed by atoms with Crippen LogP contribution >= 0.6 is 0 Å². The zero-order valence-corrected chi connectivity index (χ0v) is 12.2. The first-order valence-electron chi connectivity index (χ1n) is 6.81. The Morgan fingerprint density at radius 1 is 1.26 bits per heavy atom. The van der Waals surface area contributed by atoms with Gasteiger partial charge in [-0.25, -0.2) is 8.42 Å². The summed E-state index contributed by atoms with van der Waals surface area (Å²) in [5.74, 6) is 0.200. The number of sulfone groups is 1. The van der Waals surface area contributed by atoms with Crippen molar-refractivity contribution in [2.24, 2.45) is 5.73 Å². The Kier molecular flexibility index (Phi) is 4.16. The third-order valence-corrected chi connectivity index (χ3v) is 5.62. The molecule has 0 aliphatic heterocycles. The average Bonchev–Trinajstić information content (AvgIpc) is 2.34. The molecule has 1 fully saturated rings. The van der Waals surface area contributed by atoms with E-state index < -0.39 is 9.84 Å². The standard InChI is InChI=1S/C14H22N2O2S/c1-2-10-19(17,18)13-6-4-12(5-7-13)16-11-14(15)8-3-9-14/h4-7,16H,2-3,8-11,15H2,1H3. The Labute approximate surface area is 115 Å². The minimum Gasteiger partial charge on any atom is -0.383 e. The molecule has 1 saturated carbocycles. The van der Waals surface area contributed by atoms with Gasteiger partial charge in [-0.3, -0.25) is 0 Å². The van der Waals surface area contributed by atoms with E-state index in [-0.39, 0.29) is 11.3 Å². The average molecular weight is 282 g/mol. The first-order chi connectivity index (χ1) is 8.95. The summed E-state index contributed by atoms with van der Waals surface area (Å²) < 4.78 is 23.8. The minimum atomic E-state index is -3.12. The van der Waals surface area contributed by atoms with Crippen LogP contribution in [-0.4, -0.2) is 26.3 Å². The van der Waals surface area contributed by atoms with E-state index in [9.17, 15) is 8.42 Å². The Balaban J connectivity index is 1.98. The van der Waals surface area contributed by atoms with Crippen molar-refractivity contribution in [2.45, 2.75) is 43.0 Å². The molecule has 1 aromatic rings. The molecule has 0 unspecified atom stereocenters. The van der Waals surface area contributed by atoms with Gasteiger partial charge in [-0.05, 0) is 49.9 Å². The van der Waals surface area contributed by atoms with Crippen molar-refractivity contribution >= 4 is 15.5 Å². The first kappa shape index (κ1) is 14.3. The van der Waals surface area contributed by atoms with E-state index in [4.69, 9.17) is 5.73 Å². The fourth-order valence-electron chi connectivity index (χ4n) is 2.25. The number of nitrogens with two attached hydrogens (primary N) is 1. The van der Waals surface area contributed by atoms with E-state index in [0.717, 1.165) is 25.1 Å². The molecular weight excluding hydrogens is 260 g/mol. The van der Waals surface area contributed by atoms with Gasteiger partial charge in [0.15, 0.2) is 9.84 Å². The summed E-state index contributed by atoms with van der Waals surface area (Å²) in [4.78, 5) is 0.394. The molecule has 0 heterocycles. The third-order valence-electron chi connectivity index (χ3n) is 3.68. The number of hydrogen-bond acceptors (Lipinski definition) is 4. The lowest BCUT2D eigenvalue weighted by Crippen LogP contribution is -2.51. The summed E-state index contributed by atoms with van der Waals surface area (Å²) in [6.07, 6.45) is 3.95. The van der Waals surface area contributed by atoms with Crippen LogP contribution in [0.3, 0.4) is 0 Å². The Hall–Kier alpha value is -1.07. The van der Waals surface area contributed by atoms with Gasteiger partial charge in [-0.1, -0.05) is 6.92 Å². The lowest BCUT2D eigenvalue weighted by Gasteiger charge is -2.38. The predicted molar refractivity (Wildman–Crippen MR) is 78.0 cm³/mol. The SMILES string of the molecule is CCCS(=O)(=O)c1ccc(NCC2(N)CCC2)cc1. The van der Waals surface area contributed by atoms with Crippen molar-refractivity contribution in [1.29, 1.82) is 0 Å². The Morgan fingerprint density at radius 3 is 2.37 bits per heavy atom. The highest BCUT2D eigenvalue weighted by Crippen LogP contribution is 2.29. The van der Waals surface area contributed by atoms with Crippen LogP contribution in [0.4, 0.5) is 5.69 Å². The molecule has 19 heavy (non-hydrogen) atoms. The molecule has 4 nitrogen and oxygen atoms in total. The summed E-state index contributed by atoms with van der Waals surface area (Å²) in [5.41, 5.74) is 6.98. The highest BCUT2D eigenvalue weighted by molar-refractivity contribution is 7.91. The molecule has 5 heteroatoms. The van der Waals surface area contributed by atoms with Gasteiger partial charge >= 0.3 is 0 Å². The topological polar surface area (TPSA) is 72.2 Å². The van der Waals surface area contributed by atoms with Gasteiger partial charge in [-0.15, -0.1) is 0 Å². The zero-order chi connectivity index (χ0) is 13.9. The summed E-state index contributed by atoms with van der Waals surface area (Å²) in [6, 6.07) is 6.95. The van der Waals surface area contributed by atoms with Crippen LogP contribution < -0.4 is 11.1 Å². The van der Waals surface area contributed by atoms with Gasteiger partial charge < -0.3 is 11.1 Å². The zero-order valence-electron chi connectivity index (χ0n) is 11.4. The molecule has 1 aromatic carbocycles. The number of nitrogens with one attached hydrogen (secondary N) is 1. The van der Waals surface area contributed by atoms with E-state index >= 15 is 0 Å². The monoisotopic (exact) mass is 282 g/mol. The largest absolute Gasteiger partial charge is 0.383 e. The van der Waals surface area contributed by atoms with Gasteiger partial charge in [0, 0.05) is 17.8 Å². The highest BCUT2D eigenvalue weighted by Gasteiger charge is 2.31. The second kappa shape index (κ2) is 5.51. The summed E-state index contributed by atoms with van der Waals surface area (Å²) >= 11 is 0. The maximum atomic E-state index is 11.9. The van der Waals surface area contributed by atoms with Crippen molar-refractivity contribution < 1.29 is 8.42 Å². The van der Waals surface area contributed by atoms with E-state index in [0.29, 0.717) is 11.3 Å². The fraction of sp³-hybridized carbons (Fsp3) is 0.571. The first-order valence-corrected chi connectivity index (χ1v) is 8.46. The van der Waals surface area contributed by atoms with Crippen LogP contribution in [0.2, 0.25) is 0 Å². The fourth-order valence-corrected chi connectivity index (χ4v) is 3.58. The Bertz CT molecular complexity index is 519. The van der Waals surface area contributed by atoms with Crippen LogP contribution in [-0.2, 0) is 9.84 Å². The highest BCUT2D eigenvalue weighted by atomic mass is 32.2. The summed E-state index contributed by atoms with van der Waals surface area (Å²) in [5, 5.41) is 3.28. The molecule has 0 atom stereocenters. The normalized spacial score (nSPS) is 17.8. The molecule has 1 aliphatic carbocycles. The molecule has 106 valence electrons. The maximum absolute atomic E-state index is 11.9. The van der Waals surface area contributed by atoms with Crippen LogP contribution in [0.5, 0.6) is 0 Å². The van der Waals surface area contributed by atoms with Crippen LogP contribution in [0.25, 0.3) is 0 Å². The van der Waals surface area contributed by atoms with Crippen LogP contribution in [0.15, 0.2) is 29.2 Å². The molecule has 0 spiro atoms. The second-order valence-corrected chi connectivity index (χ2v) is 7.52. The molecular formula is C14H22N2O2S. The molecule has 0 saturated heterocycles. The van der Waals surface area contributed by atoms with Crippen molar-refractivity contribution in [3.63, 3.8) is 0 Å². The number of anilines is 1. The van der Waals surface area contributed by atoms with E-state index in [1.165, 1.54) is 6.42 Å². The molecule has 0 aromatic heterocycles. The molecule has 0 amide bonds. The van der Waals surface area contributed by atoms with Crippen molar-refractivity contribution in [2.75, 3.05) is 17.6 Å². The number of benzene rings is 1. The van der Waals surface area contributed by atoms with Crippen LogP contribution in [0.1, 0.15) is 32.6 Å². The van der Waals surface area contributed by atoms with Gasteiger partial charge in [-0.2, -0.15) is 0 Å². The molecule has 0 radical (unpaired) electrons. The Morgan fingerprint density at radius 2 is 1.89 bits per heavy atom. The maximum Gasteiger partial charge on any atom is 0.178 e. The quantitative estimate of drug-likeness (QED) is 0.838. The molecule has 2 rings (SSSR count). The summed E-state index contributed by atoms with van der Waals surface area (Å²) in [7, 11) is -3.12. The van der Waals surface area contributed by atoms with E-state index in [2.05, 4.69) is 5.32 Å². The van der Waals surface area contributed by atoms with Gasteiger partial charge in [0.2, 0.25) is 0 Å². The van der Waals surface area contributed by atoms with Gasteiger partial charge in [0.05, 0.1) is 10.6 Å². The minimum absolute atomic E-state index is 0.0764. The van der Waals surface area contributed by atoms with Crippen molar-refractivity contribution in [3.05, 3.63) is 24.3 Å². The number of hydrogen-bond donors (Lipinski definition) is 2. The van der Waals surface area contributed by atoms with E-state index in [1.54, 1.807) is 12.1 Å².